The van der Waals surface area contributed by atoms with Crippen LogP contribution in [0.3, 0.4) is 0 Å². The van der Waals surface area contributed by atoms with E-state index in [4.69, 9.17) is 9.90 Å². The van der Waals surface area contributed by atoms with Crippen molar-refractivity contribution in [2.75, 3.05) is 27.2 Å². The van der Waals surface area contributed by atoms with Gasteiger partial charge in [-0.05, 0) is 82.6 Å². The number of carbonyl (C=O) groups excluding carboxylic acids is 1. The van der Waals surface area contributed by atoms with Gasteiger partial charge in [-0.15, -0.1) is 13.2 Å². The number of ether oxygens (including phenoxy) is 1. The van der Waals surface area contributed by atoms with E-state index in [2.05, 4.69) is 10.1 Å². The first-order valence-corrected chi connectivity index (χ1v) is 15.0. The molecule has 268 valence electrons. The van der Waals surface area contributed by atoms with E-state index in [9.17, 15) is 41.0 Å². The minimum Gasteiger partial charge on any atom is -0.475 e. The molecule has 10 nitrogen and oxygen atoms in total. The minimum atomic E-state index is -5.08. The van der Waals surface area contributed by atoms with Gasteiger partial charge in [0.1, 0.15) is 11.4 Å². The number of aliphatic carboxylic acids is 1. The molecule has 0 spiro atoms. The van der Waals surface area contributed by atoms with E-state index in [0.29, 0.717) is 48.4 Å². The summed E-state index contributed by atoms with van der Waals surface area (Å²) in [5.74, 6) is -3.39. The fourth-order valence-electron chi connectivity index (χ4n) is 5.41. The van der Waals surface area contributed by atoms with Crippen molar-refractivity contribution in [3.05, 3.63) is 65.9 Å². The number of halogens is 6. The van der Waals surface area contributed by atoms with Gasteiger partial charge >= 0.3 is 24.6 Å². The first kappa shape index (κ1) is 38.7. The summed E-state index contributed by atoms with van der Waals surface area (Å²) < 4.78 is 76.9. The molecular weight excluding hydrogens is 662 g/mol. The van der Waals surface area contributed by atoms with Crippen LogP contribution in [-0.4, -0.2) is 87.8 Å². The van der Waals surface area contributed by atoms with Gasteiger partial charge in [-0.25, -0.2) is 9.59 Å². The molecule has 2 aromatic carbocycles. The second-order valence-corrected chi connectivity index (χ2v) is 12.6. The van der Waals surface area contributed by atoms with Crippen LogP contribution in [0, 0.1) is 0 Å². The summed E-state index contributed by atoms with van der Waals surface area (Å²) in [6.07, 6.45) is -9.80. The van der Waals surface area contributed by atoms with Crippen molar-refractivity contribution in [3.63, 3.8) is 0 Å². The molecule has 0 aliphatic carbocycles. The average molecular weight is 701 g/mol. The number of amides is 2. The maximum atomic E-state index is 13.1. The van der Waals surface area contributed by atoms with Crippen molar-refractivity contribution in [1.82, 2.24) is 19.7 Å². The van der Waals surface area contributed by atoms with E-state index in [1.807, 2.05) is 68.6 Å². The zero-order valence-corrected chi connectivity index (χ0v) is 27.4. The molecular formula is C33H38F6N4O6. The number of hydrogen-bond donors (Lipinski definition) is 3. The summed E-state index contributed by atoms with van der Waals surface area (Å²) in [7, 11) is 3.94. The highest BCUT2D eigenvalue weighted by atomic mass is 19.4. The number of carboxylic acids is 1. The Morgan fingerprint density at radius 1 is 0.959 bits per heavy atom. The van der Waals surface area contributed by atoms with Crippen molar-refractivity contribution in [3.8, 4) is 28.1 Å². The lowest BCUT2D eigenvalue weighted by Gasteiger charge is -2.34. The van der Waals surface area contributed by atoms with Crippen LogP contribution in [-0.2, 0) is 11.3 Å². The Balaban J connectivity index is 0.000000838. The van der Waals surface area contributed by atoms with Crippen LogP contribution in [0.15, 0.2) is 54.6 Å². The second kappa shape index (κ2) is 15.2. The number of benzene rings is 2. The fourth-order valence-corrected chi connectivity index (χ4v) is 5.41. The van der Waals surface area contributed by atoms with E-state index < -0.39 is 30.1 Å². The molecule has 0 saturated heterocycles. The van der Waals surface area contributed by atoms with E-state index in [-0.39, 0.29) is 17.7 Å². The van der Waals surface area contributed by atoms with Crippen molar-refractivity contribution in [1.29, 1.82) is 0 Å². The van der Waals surface area contributed by atoms with Gasteiger partial charge in [-0.3, -0.25) is 4.79 Å². The van der Waals surface area contributed by atoms with Crippen LogP contribution in [0.5, 0.6) is 5.75 Å². The summed E-state index contributed by atoms with van der Waals surface area (Å²) in [5.41, 5.74) is 3.49. The van der Waals surface area contributed by atoms with E-state index in [1.54, 1.807) is 12.1 Å². The van der Waals surface area contributed by atoms with Gasteiger partial charge in [0.2, 0.25) is 0 Å². The highest BCUT2D eigenvalue weighted by Gasteiger charge is 2.38. The quantitative estimate of drug-likeness (QED) is 0.201. The Hall–Kier alpha value is -4.73. The third kappa shape index (κ3) is 10.6. The molecule has 2 heterocycles. The Kier molecular flexibility index (Phi) is 12.0. The highest BCUT2D eigenvalue weighted by Crippen LogP contribution is 2.41. The number of hydrogen-bond acceptors (Lipinski definition) is 5. The lowest BCUT2D eigenvalue weighted by atomic mass is 9.99. The zero-order valence-electron chi connectivity index (χ0n) is 27.4. The summed E-state index contributed by atoms with van der Waals surface area (Å²) in [5, 5.41) is 19.8. The first-order chi connectivity index (χ1) is 22.6. The maximum Gasteiger partial charge on any atom is 0.573 e. The number of nitrogens with zero attached hydrogens (tertiary/aromatic N) is 3. The number of carbonyl (C=O) groups is 3. The van der Waals surface area contributed by atoms with E-state index in [1.165, 1.54) is 23.1 Å². The average Bonchev–Trinajstić information content (AvgIpc) is 3.36. The third-order valence-electron chi connectivity index (χ3n) is 7.44. The summed E-state index contributed by atoms with van der Waals surface area (Å²) in [6, 6.07) is 15.1. The third-order valence-corrected chi connectivity index (χ3v) is 7.44. The number of carboxylic acid groups (broad SMARTS) is 2. The monoisotopic (exact) mass is 700 g/mol. The molecule has 49 heavy (non-hydrogen) atoms. The molecule has 1 aliphatic rings. The molecule has 0 unspecified atom stereocenters. The Labute approximate surface area is 278 Å². The molecule has 0 bridgehead atoms. The molecule has 3 N–H and O–H groups in total. The number of nitrogens with one attached hydrogen (secondary N) is 1. The van der Waals surface area contributed by atoms with Gasteiger partial charge in [0.15, 0.2) is 0 Å². The topological polar surface area (TPSA) is 124 Å². The van der Waals surface area contributed by atoms with Crippen LogP contribution in [0.2, 0.25) is 0 Å². The smallest absolute Gasteiger partial charge is 0.475 e. The Bertz CT molecular complexity index is 1630. The van der Waals surface area contributed by atoms with Crippen LogP contribution in [0.1, 0.15) is 55.7 Å². The van der Waals surface area contributed by atoms with Crippen LogP contribution < -0.4 is 10.1 Å². The van der Waals surface area contributed by atoms with Gasteiger partial charge in [-0.1, -0.05) is 36.4 Å². The lowest BCUT2D eigenvalue weighted by molar-refractivity contribution is -0.274. The standard InChI is InChI=1S/C31H37F3N4O4.C2HF3O2/c1-30(2,3)37(29(40)41)15-7-9-23-18-35-28(39)26-17-25(22-8-6-10-24(16-22)42-31(32,33)34)27(38(23)26)21-13-11-20(12-14-21)19-36(4)5;3-2(4,5)1(6)7/h6,8,10-14,16-17,23H,7,9,15,18-19H2,1-5H3,(H,35,39)(H,40,41);(H,6,7)/t23-;/m0./s1. The molecule has 0 saturated carbocycles. The largest absolute Gasteiger partial charge is 0.573 e. The number of aromatic nitrogens is 1. The van der Waals surface area contributed by atoms with Crippen molar-refractivity contribution in [2.45, 2.75) is 64.3 Å². The highest BCUT2D eigenvalue weighted by molar-refractivity contribution is 5.98. The molecule has 1 aromatic heterocycles. The second-order valence-electron chi connectivity index (χ2n) is 12.6. The first-order valence-electron chi connectivity index (χ1n) is 15.0. The maximum absolute atomic E-state index is 13.1. The molecule has 1 aliphatic heterocycles. The van der Waals surface area contributed by atoms with Gasteiger partial charge in [0, 0.05) is 30.7 Å². The Morgan fingerprint density at radius 2 is 1.57 bits per heavy atom. The van der Waals surface area contributed by atoms with Crippen LogP contribution >= 0.6 is 0 Å². The van der Waals surface area contributed by atoms with Crippen molar-refractivity contribution in [2.24, 2.45) is 0 Å². The Morgan fingerprint density at radius 3 is 2.08 bits per heavy atom. The summed E-state index contributed by atoms with van der Waals surface area (Å²) in [4.78, 5) is 37.3. The minimum absolute atomic E-state index is 0.201. The molecule has 2 amide bonds. The molecule has 0 radical (unpaired) electrons. The van der Waals surface area contributed by atoms with Crippen molar-refractivity contribution >= 4 is 18.0 Å². The molecule has 16 heteroatoms. The molecule has 3 aromatic rings. The summed E-state index contributed by atoms with van der Waals surface area (Å²) >= 11 is 0. The number of fused-ring (bicyclic) bond motifs is 1. The van der Waals surface area contributed by atoms with Crippen molar-refractivity contribution < 1.29 is 55.7 Å². The molecule has 0 fully saturated rings. The number of rotatable bonds is 9. The molecule has 1 atom stereocenters. The fraction of sp³-hybridized carbons (Fsp3) is 0.424. The van der Waals surface area contributed by atoms with Gasteiger partial charge in [0.05, 0.1) is 11.7 Å². The van der Waals surface area contributed by atoms with Crippen LogP contribution in [0.4, 0.5) is 31.1 Å². The zero-order chi connectivity index (χ0) is 36.9. The van der Waals surface area contributed by atoms with E-state index >= 15 is 0 Å². The predicted octanol–water partition coefficient (Wildman–Crippen LogP) is 7.26. The van der Waals surface area contributed by atoms with Crippen LogP contribution in [0.25, 0.3) is 22.4 Å². The number of alkyl halides is 6. The molecule has 4 rings (SSSR count). The lowest BCUT2D eigenvalue weighted by Crippen LogP contribution is -2.45. The van der Waals surface area contributed by atoms with Gasteiger partial charge in [0.25, 0.3) is 5.91 Å². The SMILES string of the molecule is CN(C)Cc1ccc(-c2c(-c3cccc(OC(F)(F)F)c3)cc3n2[C@@H](CCCN(C(=O)O)C(C)(C)C)CNC3=O)cc1.O=C(O)C(F)(F)F. The summed E-state index contributed by atoms with van der Waals surface area (Å²) in [6.45, 7) is 6.91. The predicted molar refractivity (Wildman–Crippen MR) is 168 cm³/mol. The van der Waals surface area contributed by atoms with Gasteiger partial charge < -0.3 is 34.6 Å². The van der Waals surface area contributed by atoms with Gasteiger partial charge in [-0.2, -0.15) is 13.2 Å². The normalized spacial score (nSPS) is 14.8. The van der Waals surface area contributed by atoms with E-state index in [0.717, 1.165) is 17.7 Å².